The van der Waals surface area contributed by atoms with E-state index >= 15 is 0 Å². The fraction of sp³-hybridized carbons (Fsp3) is 0. The number of imidazole rings is 1. The first-order valence-corrected chi connectivity index (χ1v) is 7.77. The summed E-state index contributed by atoms with van der Waals surface area (Å²) in [5.74, 6) is -0.422. The number of phenols is 1. The number of benzene rings is 3. The molecule has 1 amide bonds. The van der Waals surface area contributed by atoms with Crippen molar-refractivity contribution in [3.8, 4) is 5.75 Å². The van der Waals surface area contributed by atoms with Crippen molar-refractivity contribution in [1.29, 1.82) is 0 Å². The van der Waals surface area contributed by atoms with Gasteiger partial charge < -0.3 is 15.4 Å². The van der Waals surface area contributed by atoms with Gasteiger partial charge in [0.2, 0.25) is 0 Å². The van der Waals surface area contributed by atoms with Crippen LogP contribution >= 0.6 is 12.6 Å². The van der Waals surface area contributed by atoms with Crippen molar-refractivity contribution < 1.29 is 9.90 Å². The molecule has 0 atom stereocenters. The monoisotopic (exact) mass is 335 g/mol. The van der Waals surface area contributed by atoms with E-state index in [1.165, 1.54) is 0 Å². The van der Waals surface area contributed by atoms with E-state index < -0.39 is 0 Å². The molecule has 0 saturated carbocycles. The molecule has 1 heterocycles. The van der Waals surface area contributed by atoms with Gasteiger partial charge in [-0.05, 0) is 41.1 Å². The Morgan fingerprint density at radius 1 is 1.08 bits per heavy atom. The molecule has 4 aromatic rings. The maximum Gasteiger partial charge on any atom is 0.259 e. The fourth-order valence-corrected chi connectivity index (χ4v) is 2.91. The number of aromatic nitrogens is 2. The lowest BCUT2D eigenvalue weighted by atomic mass is 10.1. The first-order chi connectivity index (χ1) is 11.6. The van der Waals surface area contributed by atoms with E-state index in [1.807, 2.05) is 24.3 Å². The molecular weight excluding hydrogens is 322 g/mol. The van der Waals surface area contributed by atoms with Crippen molar-refractivity contribution >= 4 is 46.0 Å². The highest BCUT2D eigenvalue weighted by Crippen LogP contribution is 2.26. The molecule has 118 valence electrons. The molecule has 3 N–H and O–H groups in total. The third-order valence-electron chi connectivity index (χ3n) is 3.84. The summed E-state index contributed by atoms with van der Waals surface area (Å²) in [6.07, 6.45) is 0. The summed E-state index contributed by atoms with van der Waals surface area (Å²) in [6, 6.07) is 16.2. The van der Waals surface area contributed by atoms with Crippen LogP contribution in [-0.4, -0.2) is 21.0 Å². The lowest BCUT2D eigenvalue weighted by Crippen LogP contribution is -2.12. The first-order valence-electron chi connectivity index (χ1n) is 7.32. The van der Waals surface area contributed by atoms with Crippen molar-refractivity contribution in [2.75, 3.05) is 5.32 Å². The van der Waals surface area contributed by atoms with Gasteiger partial charge in [-0.1, -0.05) is 24.3 Å². The third kappa shape index (κ3) is 2.57. The number of nitrogens with zero attached hydrogens (tertiary/aromatic N) is 1. The number of thiol groups is 1. The summed E-state index contributed by atoms with van der Waals surface area (Å²) in [7, 11) is 0. The second kappa shape index (κ2) is 5.58. The summed E-state index contributed by atoms with van der Waals surface area (Å²) in [6.45, 7) is 0. The number of amides is 1. The average Bonchev–Trinajstić information content (AvgIpc) is 2.93. The normalized spacial score (nSPS) is 11.0. The minimum Gasteiger partial charge on any atom is -0.507 e. The van der Waals surface area contributed by atoms with Crippen LogP contribution < -0.4 is 5.32 Å². The van der Waals surface area contributed by atoms with Crippen LogP contribution in [0.2, 0.25) is 0 Å². The number of aromatic amines is 1. The molecule has 6 heteroatoms. The van der Waals surface area contributed by atoms with Gasteiger partial charge in [0.15, 0.2) is 5.16 Å². The van der Waals surface area contributed by atoms with E-state index in [-0.39, 0.29) is 17.2 Å². The maximum absolute atomic E-state index is 12.5. The minimum absolute atomic E-state index is 0.0496. The molecule has 0 radical (unpaired) electrons. The molecule has 0 fully saturated rings. The summed E-state index contributed by atoms with van der Waals surface area (Å²) in [5, 5.41) is 15.2. The van der Waals surface area contributed by atoms with Crippen molar-refractivity contribution in [2.24, 2.45) is 0 Å². The van der Waals surface area contributed by atoms with Gasteiger partial charge in [-0.3, -0.25) is 4.79 Å². The number of carbonyl (C=O) groups is 1. The van der Waals surface area contributed by atoms with Crippen LogP contribution in [0.1, 0.15) is 10.4 Å². The Hall–Kier alpha value is -2.99. The molecule has 0 aliphatic heterocycles. The van der Waals surface area contributed by atoms with Crippen LogP contribution in [0.25, 0.3) is 21.8 Å². The van der Waals surface area contributed by atoms with Crippen molar-refractivity contribution in [3.05, 3.63) is 60.2 Å². The van der Waals surface area contributed by atoms with Crippen LogP contribution in [0.3, 0.4) is 0 Å². The Labute approximate surface area is 142 Å². The molecule has 0 unspecified atom stereocenters. The quantitative estimate of drug-likeness (QED) is 0.419. The summed E-state index contributed by atoms with van der Waals surface area (Å²) in [5.41, 5.74) is 2.39. The molecule has 1 aromatic heterocycles. The highest BCUT2D eigenvalue weighted by molar-refractivity contribution is 7.80. The largest absolute Gasteiger partial charge is 0.507 e. The molecule has 5 nitrogen and oxygen atoms in total. The van der Waals surface area contributed by atoms with E-state index in [4.69, 9.17) is 0 Å². The minimum atomic E-state index is -0.372. The molecule has 0 spiro atoms. The summed E-state index contributed by atoms with van der Waals surface area (Å²) in [4.78, 5) is 19.7. The number of hydrogen-bond donors (Lipinski definition) is 4. The second-order valence-electron chi connectivity index (χ2n) is 5.46. The van der Waals surface area contributed by atoms with Gasteiger partial charge in [-0.15, -0.1) is 12.6 Å². The molecule has 24 heavy (non-hydrogen) atoms. The predicted molar refractivity (Wildman–Crippen MR) is 96.9 cm³/mol. The van der Waals surface area contributed by atoms with Crippen molar-refractivity contribution in [1.82, 2.24) is 9.97 Å². The maximum atomic E-state index is 12.5. The number of H-pyrrole nitrogens is 1. The number of aromatic hydroxyl groups is 1. The highest BCUT2D eigenvalue weighted by Gasteiger charge is 2.13. The average molecular weight is 335 g/mol. The lowest BCUT2D eigenvalue weighted by molar-refractivity contribution is 0.102. The van der Waals surface area contributed by atoms with Gasteiger partial charge in [-0.2, -0.15) is 0 Å². The Kier molecular flexibility index (Phi) is 3.39. The number of rotatable bonds is 2. The van der Waals surface area contributed by atoms with Crippen molar-refractivity contribution in [2.45, 2.75) is 5.16 Å². The zero-order valence-corrected chi connectivity index (χ0v) is 13.3. The molecule has 3 aromatic carbocycles. The van der Waals surface area contributed by atoms with Gasteiger partial charge >= 0.3 is 0 Å². The molecule has 0 saturated heterocycles. The predicted octanol–water partition coefficient (Wildman–Crippen LogP) is 3.96. The van der Waals surface area contributed by atoms with E-state index in [9.17, 15) is 9.90 Å². The van der Waals surface area contributed by atoms with Crippen LogP contribution in [0.5, 0.6) is 5.75 Å². The molecule has 4 rings (SSSR count). The zero-order chi connectivity index (χ0) is 16.7. The lowest BCUT2D eigenvalue weighted by Gasteiger charge is -2.08. The Balaban J connectivity index is 1.68. The van der Waals surface area contributed by atoms with Gasteiger partial charge in [0.25, 0.3) is 5.91 Å². The highest BCUT2D eigenvalue weighted by atomic mass is 32.1. The van der Waals surface area contributed by atoms with Gasteiger partial charge in [-0.25, -0.2) is 4.98 Å². The van der Waals surface area contributed by atoms with Gasteiger partial charge in [0, 0.05) is 5.69 Å². The number of phenolic OH excluding ortho intramolecular Hbond substituents is 1. The number of anilines is 1. The van der Waals surface area contributed by atoms with Crippen LogP contribution in [0.4, 0.5) is 5.69 Å². The Morgan fingerprint density at radius 3 is 2.62 bits per heavy atom. The van der Waals surface area contributed by atoms with Crippen molar-refractivity contribution in [3.63, 3.8) is 0 Å². The van der Waals surface area contributed by atoms with E-state index in [2.05, 4.69) is 27.9 Å². The Bertz CT molecular complexity index is 1090. The van der Waals surface area contributed by atoms with E-state index in [0.29, 0.717) is 10.8 Å². The number of nitrogens with one attached hydrogen (secondary N) is 2. The van der Waals surface area contributed by atoms with Gasteiger partial charge in [0.05, 0.1) is 16.6 Å². The van der Waals surface area contributed by atoms with E-state index in [1.54, 1.807) is 30.3 Å². The van der Waals surface area contributed by atoms with E-state index in [0.717, 1.165) is 21.8 Å². The SMILES string of the molecule is O=C(Nc1ccc2nc(S)[nH]c2c1)c1cc2ccccc2cc1O. The summed E-state index contributed by atoms with van der Waals surface area (Å²) >= 11 is 4.16. The fourth-order valence-electron chi connectivity index (χ4n) is 2.68. The van der Waals surface area contributed by atoms with Crippen LogP contribution in [-0.2, 0) is 0 Å². The topological polar surface area (TPSA) is 78.0 Å². The molecule has 0 aliphatic rings. The molecular formula is C18H13N3O2S. The third-order valence-corrected chi connectivity index (χ3v) is 4.05. The number of hydrogen-bond acceptors (Lipinski definition) is 4. The molecule has 0 bridgehead atoms. The van der Waals surface area contributed by atoms with Crippen LogP contribution in [0.15, 0.2) is 59.8 Å². The smallest absolute Gasteiger partial charge is 0.259 e. The number of fused-ring (bicyclic) bond motifs is 2. The summed E-state index contributed by atoms with van der Waals surface area (Å²) < 4.78 is 0. The first kappa shape index (κ1) is 14.6. The van der Waals surface area contributed by atoms with Gasteiger partial charge in [0.1, 0.15) is 5.75 Å². The second-order valence-corrected chi connectivity index (χ2v) is 5.89. The molecule has 0 aliphatic carbocycles. The number of carbonyl (C=O) groups excluding carboxylic acids is 1. The Morgan fingerprint density at radius 2 is 1.83 bits per heavy atom. The standard InChI is InChI=1S/C18H13N3O2S/c22-16-8-11-4-2-1-3-10(11)7-13(16)17(23)19-12-5-6-14-15(9-12)21-18(24)20-14/h1-9,22H,(H,19,23)(H2,20,21,24). The van der Waals surface area contributed by atoms with Crippen LogP contribution in [0, 0.1) is 0 Å². The zero-order valence-electron chi connectivity index (χ0n) is 12.4.